The van der Waals surface area contributed by atoms with Crippen molar-refractivity contribution >= 4 is 5.91 Å². The van der Waals surface area contributed by atoms with Gasteiger partial charge < -0.3 is 24.8 Å². The number of piperidine rings is 1. The lowest BCUT2D eigenvalue weighted by Gasteiger charge is -2.36. The van der Waals surface area contributed by atoms with Gasteiger partial charge in [-0.25, -0.2) is 0 Å². The monoisotopic (exact) mass is 460 g/mol. The zero-order valence-electron chi connectivity index (χ0n) is 20.0. The number of rotatable bonds is 9. The van der Waals surface area contributed by atoms with E-state index in [9.17, 15) is 9.90 Å². The molecule has 3 heterocycles. The molecule has 3 aliphatic heterocycles. The fourth-order valence-corrected chi connectivity index (χ4v) is 5.21. The lowest BCUT2D eigenvalue weighted by molar-refractivity contribution is -0.120. The van der Waals surface area contributed by atoms with Gasteiger partial charge in [-0.05, 0) is 37.0 Å². The molecule has 1 aromatic rings. The third kappa shape index (κ3) is 7.65. The van der Waals surface area contributed by atoms with E-state index in [1.54, 1.807) is 6.92 Å². The minimum Gasteiger partial charge on any atom is -0.492 e. The van der Waals surface area contributed by atoms with Crippen molar-refractivity contribution in [3.05, 3.63) is 29.8 Å². The van der Waals surface area contributed by atoms with Crippen molar-refractivity contribution in [3.8, 4) is 5.75 Å². The summed E-state index contributed by atoms with van der Waals surface area (Å²) in [6, 6.07) is 8.65. The van der Waals surface area contributed by atoms with Crippen LogP contribution >= 0.6 is 0 Å². The van der Waals surface area contributed by atoms with Gasteiger partial charge in [0.05, 0.1) is 18.8 Å². The molecule has 2 N–H and O–H groups in total. The van der Waals surface area contributed by atoms with Crippen LogP contribution in [0.4, 0.5) is 0 Å². The highest BCUT2D eigenvalue weighted by molar-refractivity contribution is 5.73. The maximum absolute atomic E-state index is 11.3. The number of aliphatic hydroxyl groups is 1. The molecule has 3 aliphatic rings. The number of amides is 1. The van der Waals surface area contributed by atoms with Crippen molar-refractivity contribution < 1.29 is 19.4 Å². The van der Waals surface area contributed by atoms with E-state index in [4.69, 9.17) is 9.47 Å². The van der Waals surface area contributed by atoms with Crippen molar-refractivity contribution in [2.24, 2.45) is 0 Å². The summed E-state index contributed by atoms with van der Waals surface area (Å²) in [6.07, 6.45) is 2.72. The van der Waals surface area contributed by atoms with Gasteiger partial charge in [0.25, 0.3) is 0 Å². The zero-order chi connectivity index (χ0) is 23.1. The van der Waals surface area contributed by atoms with E-state index in [0.717, 1.165) is 84.0 Å². The third-order valence-electron chi connectivity index (χ3n) is 7.03. The highest BCUT2D eigenvalue weighted by atomic mass is 16.5. The Hall–Kier alpha value is -1.71. The Labute approximate surface area is 197 Å². The van der Waals surface area contributed by atoms with Crippen LogP contribution in [0, 0.1) is 0 Å². The molecule has 0 spiro atoms. The quantitative estimate of drug-likeness (QED) is 0.568. The van der Waals surface area contributed by atoms with Gasteiger partial charge in [-0.2, -0.15) is 0 Å². The highest BCUT2D eigenvalue weighted by Crippen LogP contribution is 2.26. The van der Waals surface area contributed by atoms with Gasteiger partial charge in [-0.3, -0.25) is 14.6 Å². The van der Waals surface area contributed by atoms with E-state index >= 15 is 0 Å². The van der Waals surface area contributed by atoms with Gasteiger partial charge in [-0.15, -0.1) is 0 Å². The van der Waals surface area contributed by atoms with Crippen LogP contribution in [-0.4, -0.2) is 110 Å². The molecular weight excluding hydrogens is 420 g/mol. The number of nitrogens with zero attached hydrogens (tertiary/aromatic N) is 3. The molecule has 3 saturated heterocycles. The number of carbonyl (C=O) groups is 1. The highest BCUT2D eigenvalue weighted by Gasteiger charge is 2.38. The SMILES string of the molecule is CC(=O)NC1CCN(CC2(O)CCN(Cc3ccc(OCCN4CCOCC4)cc3)C2)CC1. The molecule has 1 aromatic carbocycles. The first-order valence-electron chi connectivity index (χ1n) is 12.4. The minimum atomic E-state index is -0.649. The molecule has 8 heteroatoms. The molecule has 0 aromatic heterocycles. The van der Waals surface area contributed by atoms with Gasteiger partial charge in [0.15, 0.2) is 0 Å². The number of β-amino-alcohol motifs (C(OH)–C–C–N with tert-alkyl or cyclic N) is 1. The van der Waals surface area contributed by atoms with E-state index in [1.165, 1.54) is 5.56 Å². The lowest BCUT2D eigenvalue weighted by Crippen LogP contribution is -2.50. The number of morpholine rings is 1. The molecule has 1 atom stereocenters. The summed E-state index contributed by atoms with van der Waals surface area (Å²) < 4.78 is 11.3. The summed E-state index contributed by atoms with van der Waals surface area (Å²) in [5.74, 6) is 0.957. The van der Waals surface area contributed by atoms with Gasteiger partial charge in [-0.1, -0.05) is 12.1 Å². The van der Waals surface area contributed by atoms with Crippen LogP contribution in [0.1, 0.15) is 31.7 Å². The number of benzene rings is 1. The van der Waals surface area contributed by atoms with Crippen molar-refractivity contribution in [1.29, 1.82) is 0 Å². The van der Waals surface area contributed by atoms with Crippen LogP contribution in [0.3, 0.4) is 0 Å². The van der Waals surface area contributed by atoms with Crippen molar-refractivity contribution in [1.82, 2.24) is 20.0 Å². The number of hydrogen-bond acceptors (Lipinski definition) is 7. The molecule has 184 valence electrons. The van der Waals surface area contributed by atoms with Crippen LogP contribution in [0.15, 0.2) is 24.3 Å². The average Bonchev–Trinajstić information content (AvgIpc) is 3.17. The second-order valence-electron chi connectivity index (χ2n) is 9.88. The summed E-state index contributed by atoms with van der Waals surface area (Å²) in [5, 5.41) is 14.2. The van der Waals surface area contributed by atoms with Gasteiger partial charge >= 0.3 is 0 Å². The van der Waals surface area contributed by atoms with Crippen molar-refractivity contribution in [2.75, 3.05) is 72.2 Å². The predicted octanol–water partition coefficient (Wildman–Crippen LogP) is 0.935. The Morgan fingerprint density at radius 1 is 1.09 bits per heavy atom. The lowest BCUT2D eigenvalue weighted by atomic mass is 9.99. The second-order valence-corrected chi connectivity index (χ2v) is 9.88. The first-order valence-corrected chi connectivity index (χ1v) is 12.4. The summed E-state index contributed by atoms with van der Waals surface area (Å²) >= 11 is 0. The Bertz CT molecular complexity index is 747. The van der Waals surface area contributed by atoms with Gasteiger partial charge in [0, 0.05) is 71.9 Å². The smallest absolute Gasteiger partial charge is 0.217 e. The van der Waals surface area contributed by atoms with E-state index in [0.29, 0.717) is 19.7 Å². The maximum atomic E-state index is 11.3. The Morgan fingerprint density at radius 2 is 1.82 bits per heavy atom. The first kappa shape index (κ1) is 24.4. The number of hydrogen-bond donors (Lipinski definition) is 2. The number of carbonyl (C=O) groups excluding carboxylic acids is 1. The Balaban J connectivity index is 1.16. The molecule has 4 rings (SSSR count). The topological polar surface area (TPSA) is 77.5 Å². The molecule has 3 fully saturated rings. The van der Waals surface area contributed by atoms with Gasteiger partial charge in [0.1, 0.15) is 12.4 Å². The van der Waals surface area contributed by atoms with Crippen molar-refractivity contribution in [3.63, 3.8) is 0 Å². The number of nitrogens with one attached hydrogen (secondary N) is 1. The molecule has 1 unspecified atom stereocenters. The number of likely N-dealkylation sites (tertiary alicyclic amines) is 2. The minimum absolute atomic E-state index is 0.0473. The molecular formula is C25H40N4O4. The van der Waals surface area contributed by atoms with E-state index in [1.807, 2.05) is 0 Å². The molecule has 33 heavy (non-hydrogen) atoms. The van der Waals surface area contributed by atoms with Crippen LogP contribution in [0.2, 0.25) is 0 Å². The van der Waals surface area contributed by atoms with Crippen LogP contribution in [0.5, 0.6) is 5.75 Å². The standard InChI is InChI=1S/C25H40N4O4/c1-21(30)26-23-6-9-28(10-7-23)19-25(31)8-11-29(20-25)18-22-2-4-24(5-3-22)33-17-14-27-12-15-32-16-13-27/h2-5,23,31H,6-20H2,1H3,(H,26,30). The zero-order valence-corrected chi connectivity index (χ0v) is 20.0. The third-order valence-corrected chi connectivity index (χ3v) is 7.03. The fourth-order valence-electron chi connectivity index (χ4n) is 5.21. The van der Waals surface area contributed by atoms with Crippen LogP contribution in [0.25, 0.3) is 0 Å². The average molecular weight is 461 g/mol. The molecule has 0 bridgehead atoms. The summed E-state index contributed by atoms with van der Waals surface area (Å²) in [7, 11) is 0. The molecule has 0 radical (unpaired) electrons. The molecule has 0 aliphatic carbocycles. The van der Waals surface area contributed by atoms with Crippen LogP contribution < -0.4 is 10.1 Å². The fraction of sp³-hybridized carbons (Fsp3) is 0.720. The van der Waals surface area contributed by atoms with Crippen LogP contribution in [-0.2, 0) is 16.1 Å². The van der Waals surface area contributed by atoms with Gasteiger partial charge in [0.2, 0.25) is 5.91 Å². The second kappa shape index (κ2) is 11.6. The Morgan fingerprint density at radius 3 is 2.52 bits per heavy atom. The molecule has 0 saturated carbocycles. The molecule has 8 nitrogen and oxygen atoms in total. The molecule has 1 amide bonds. The predicted molar refractivity (Wildman–Crippen MR) is 127 cm³/mol. The van der Waals surface area contributed by atoms with E-state index < -0.39 is 5.60 Å². The first-order chi connectivity index (χ1) is 16.0. The summed E-state index contributed by atoms with van der Waals surface area (Å²) in [4.78, 5) is 18.3. The van der Waals surface area contributed by atoms with E-state index in [-0.39, 0.29) is 11.9 Å². The van der Waals surface area contributed by atoms with E-state index in [2.05, 4.69) is 44.3 Å². The normalized spacial score (nSPS) is 25.9. The number of ether oxygens (including phenoxy) is 2. The summed E-state index contributed by atoms with van der Waals surface area (Å²) in [6.45, 7) is 11.9. The summed E-state index contributed by atoms with van der Waals surface area (Å²) in [5.41, 5.74) is 0.597. The van der Waals surface area contributed by atoms with Crippen molar-refractivity contribution in [2.45, 2.75) is 44.4 Å². The maximum Gasteiger partial charge on any atom is 0.217 e. The largest absolute Gasteiger partial charge is 0.492 e. The Kier molecular flexibility index (Phi) is 8.60.